The van der Waals surface area contributed by atoms with Gasteiger partial charge in [0, 0.05) is 19.4 Å². The fraction of sp³-hybridized carbons (Fsp3) is 0.517. The number of aromatic hydroxyl groups is 2. The van der Waals surface area contributed by atoms with Crippen LogP contribution in [-0.4, -0.2) is 34.2 Å². The molecule has 0 fully saturated rings. The molecule has 6 nitrogen and oxygen atoms in total. The molecule has 2 aromatic carbocycles. The summed E-state index contributed by atoms with van der Waals surface area (Å²) in [5.41, 5.74) is 0.454. The van der Waals surface area contributed by atoms with E-state index in [0.29, 0.717) is 24.8 Å². The second kappa shape index (κ2) is 14.4. The number of phenolic OH excluding ortho intramolecular Hbond substituents is 2. The summed E-state index contributed by atoms with van der Waals surface area (Å²) in [5, 5.41) is 32.8. The van der Waals surface area contributed by atoms with Crippen molar-refractivity contribution in [1.29, 1.82) is 0 Å². The summed E-state index contributed by atoms with van der Waals surface area (Å²) in [6.45, 7) is 2.00. The minimum absolute atomic E-state index is 0.0956. The monoisotopic (exact) mass is 483 g/mol. The third-order valence-electron chi connectivity index (χ3n) is 7.07. The molecular formula is C29H41NO5. The molecule has 0 saturated heterocycles. The molecule has 192 valence electrons. The van der Waals surface area contributed by atoms with Gasteiger partial charge in [-0.2, -0.15) is 0 Å². The summed E-state index contributed by atoms with van der Waals surface area (Å²) in [6, 6.07) is 13.4. The number of hydrogen-bond donors (Lipinski definition) is 4. The number of rotatable bonds is 16. The number of carboxylic acid groups (broad SMARTS) is 1. The van der Waals surface area contributed by atoms with Crippen LogP contribution in [0.1, 0.15) is 94.6 Å². The molecule has 2 atom stereocenters. The maximum absolute atomic E-state index is 12.9. The zero-order valence-electron chi connectivity index (χ0n) is 21.1. The number of hydrogen-bond acceptors (Lipinski definition) is 4. The van der Waals surface area contributed by atoms with E-state index < -0.39 is 11.4 Å². The molecule has 1 amide bonds. The fourth-order valence-electron chi connectivity index (χ4n) is 5.11. The largest absolute Gasteiger partial charge is 0.508 e. The van der Waals surface area contributed by atoms with Crippen molar-refractivity contribution >= 4 is 11.9 Å². The van der Waals surface area contributed by atoms with Gasteiger partial charge in [0.25, 0.3) is 0 Å². The highest BCUT2D eigenvalue weighted by molar-refractivity contribution is 5.83. The topological polar surface area (TPSA) is 107 Å². The van der Waals surface area contributed by atoms with Crippen molar-refractivity contribution in [2.45, 2.75) is 88.9 Å². The van der Waals surface area contributed by atoms with Crippen molar-refractivity contribution in [1.82, 2.24) is 5.32 Å². The van der Waals surface area contributed by atoms with Crippen LogP contribution in [0.2, 0.25) is 0 Å². The van der Waals surface area contributed by atoms with Gasteiger partial charge in [0.15, 0.2) is 0 Å². The normalized spacial score (nSPS) is 13.7. The number of unbranched alkanes of at least 4 members (excludes halogenated alkanes) is 7. The summed E-state index contributed by atoms with van der Waals surface area (Å²) in [6.07, 6.45) is 9.84. The Morgan fingerprint density at radius 2 is 1.29 bits per heavy atom. The Morgan fingerprint density at radius 3 is 1.77 bits per heavy atom. The van der Waals surface area contributed by atoms with Gasteiger partial charge < -0.3 is 20.6 Å². The standard InChI is InChI=1S/C29H41NO5/c1-3-26(22-13-17-24(31)18-14-22)29(28(34)35,23-15-19-25(32)20-16-23)21-11-9-7-5-4-6-8-10-12-27(33)30-2/h13-20,26,31-32H,3-12,21H2,1-2H3,(H,30,33)(H,34,35). The van der Waals surface area contributed by atoms with Crippen LogP contribution in [0.25, 0.3) is 0 Å². The number of amides is 1. The number of aliphatic carboxylic acids is 1. The van der Waals surface area contributed by atoms with Crippen LogP contribution in [-0.2, 0) is 15.0 Å². The van der Waals surface area contributed by atoms with Crippen LogP contribution < -0.4 is 5.32 Å². The minimum Gasteiger partial charge on any atom is -0.508 e. The van der Waals surface area contributed by atoms with E-state index in [0.717, 1.165) is 56.9 Å². The quantitative estimate of drug-likeness (QED) is 0.211. The maximum atomic E-state index is 12.9. The van der Waals surface area contributed by atoms with Gasteiger partial charge >= 0.3 is 5.97 Å². The number of benzene rings is 2. The first-order valence-electron chi connectivity index (χ1n) is 12.9. The van der Waals surface area contributed by atoms with E-state index in [9.17, 15) is 24.9 Å². The lowest BCUT2D eigenvalue weighted by Gasteiger charge is -2.38. The number of nitrogens with one attached hydrogen (secondary N) is 1. The summed E-state index contributed by atoms with van der Waals surface area (Å²) in [7, 11) is 1.66. The van der Waals surface area contributed by atoms with Crippen LogP contribution in [0.15, 0.2) is 48.5 Å². The van der Waals surface area contributed by atoms with Crippen LogP contribution in [0, 0.1) is 0 Å². The fourth-order valence-corrected chi connectivity index (χ4v) is 5.11. The zero-order valence-corrected chi connectivity index (χ0v) is 21.1. The molecule has 0 heterocycles. The summed E-state index contributed by atoms with van der Waals surface area (Å²) >= 11 is 0. The van der Waals surface area contributed by atoms with Crippen molar-refractivity contribution < 1.29 is 24.9 Å². The Hall–Kier alpha value is -3.02. The van der Waals surface area contributed by atoms with E-state index in [1.165, 1.54) is 0 Å². The summed E-state index contributed by atoms with van der Waals surface area (Å²) < 4.78 is 0. The first-order valence-corrected chi connectivity index (χ1v) is 12.9. The van der Waals surface area contributed by atoms with E-state index in [4.69, 9.17) is 0 Å². The molecule has 35 heavy (non-hydrogen) atoms. The van der Waals surface area contributed by atoms with Crippen molar-refractivity contribution in [3.63, 3.8) is 0 Å². The van der Waals surface area contributed by atoms with Crippen LogP contribution in [0.4, 0.5) is 0 Å². The van der Waals surface area contributed by atoms with Gasteiger partial charge in [0.1, 0.15) is 11.5 Å². The molecule has 0 aromatic heterocycles. The number of phenols is 2. The number of carbonyl (C=O) groups excluding carboxylic acids is 1. The third kappa shape index (κ3) is 8.01. The average molecular weight is 484 g/mol. The van der Waals surface area contributed by atoms with Crippen LogP contribution in [0.3, 0.4) is 0 Å². The second-order valence-electron chi connectivity index (χ2n) is 9.38. The molecule has 2 rings (SSSR count). The van der Waals surface area contributed by atoms with E-state index >= 15 is 0 Å². The molecule has 0 aliphatic heterocycles. The molecule has 0 saturated carbocycles. The van der Waals surface area contributed by atoms with Crippen molar-refractivity contribution in [2.75, 3.05) is 7.05 Å². The lowest BCUT2D eigenvalue weighted by Crippen LogP contribution is -2.42. The lowest BCUT2D eigenvalue weighted by atomic mass is 9.64. The zero-order chi connectivity index (χ0) is 25.7. The van der Waals surface area contributed by atoms with Crippen LogP contribution in [0.5, 0.6) is 11.5 Å². The summed E-state index contributed by atoms with van der Waals surface area (Å²) in [4.78, 5) is 24.2. The molecule has 0 radical (unpaired) electrons. The third-order valence-corrected chi connectivity index (χ3v) is 7.07. The molecule has 0 aliphatic carbocycles. The predicted octanol–water partition coefficient (Wildman–Crippen LogP) is 6.26. The van der Waals surface area contributed by atoms with Gasteiger partial charge in [-0.25, -0.2) is 0 Å². The van der Waals surface area contributed by atoms with Gasteiger partial charge in [-0.05, 0) is 54.7 Å². The molecule has 2 unspecified atom stereocenters. The molecule has 0 aliphatic rings. The molecule has 2 aromatic rings. The van der Waals surface area contributed by atoms with Crippen molar-refractivity contribution in [3.05, 3.63) is 59.7 Å². The van der Waals surface area contributed by atoms with E-state index in [2.05, 4.69) is 5.32 Å². The summed E-state index contributed by atoms with van der Waals surface area (Å²) in [5.74, 6) is -0.772. The SMILES string of the molecule is CCC(c1ccc(O)cc1)C(CCCCCCCCCCC(=O)NC)(C(=O)O)c1ccc(O)cc1. The first-order chi connectivity index (χ1) is 16.8. The predicted molar refractivity (Wildman–Crippen MR) is 139 cm³/mol. The molecular weight excluding hydrogens is 442 g/mol. The highest BCUT2D eigenvalue weighted by atomic mass is 16.4. The van der Waals surface area contributed by atoms with Crippen molar-refractivity contribution in [3.8, 4) is 11.5 Å². The minimum atomic E-state index is -1.13. The van der Waals surface area contributed by atoms with Crippen LogP contribution >= 0.6 is 0 Å². The molecule has 6 heteroatoms. The Morgan fingerprint density at radius 1 is 0.800 bits per heavy atom. The molecule has 4 N–H and O–H groups in total. The van der Waals surface area contributed by atoms with E-state index in [1.807, 2.05) is 19.1 Å². The van der Waals surface area contributed by atoms with Gasteiger partial charge in [0.2, 0.25) is 5.91 Å². The maximum Gasteiger partial charge on any atom is 0.314 e. The van der Waals surface area contributed by atoms with Gasteiger partial charge in [-0.1, -0.05) is 76.1 Å². The second-order valence-corrected chi connectivity index (χ2v) is 9.38. The smallest absolute Gasteiger partial charge is 0.314 e. The number of carboxylic acids is 1. The Kier molecular flexibility index (Phi) is 11.6. The van der Waals surface area contributed by atoms with Gasteiger partial charge in [-0.3, -0.25) is 9.59 Å². The number of carbonyl (C=O) groups is 2. The van der Waals surface area contributed by atoms with Gasteiger partial charge in [-0.15, -0.1) is 0 Å². The highest BCUT2D eigenvalue weighted by Crippen LogP contribution is 2.46. The lowest BCUT2D eigenvalue weighted by molar-refractivity contribution is -0.145. The molecule has 0 bridgehead atoms. The average Bonchev–Trinajstić information content (AvgIpc) is 2.85. The van der Waals surface area contributed by atoms with E-state index in [1.54, 1.807) is 43.4 Å². The van der Waals surface area contributed by atoms with Gasteiger partial charge in [0.05, 0.1) is 5.41 Å². The Balaban J connectivity index is 2.05. The molecule has 0 spiro atoms. The Labute approximate surface area is 209 Å². The first kappa shape index (κ1) is 28.2. The Bertz CT molecular complexity index is 910. The van der Waals surface area contributed by atoms with Crippen molar-refractivity contribution in [2.24, 2.45) is 0 Å². The van der Waals surface area contributed by atoms with E-state index in [-0.39, 0.29) is 23.3 Å². The highest BCUT2D eigenvalue weighted by Gasteiger charge is 2.46.